The van der Waals surface area contributed by atoms with Crippen molar-refractivity contribution in [3.63, 3.8) is 0 Å². The molecule has 4 rings (SSSR count). The molecule has 0 aliphatic carbocycles. The second kappa shape index (κ2) is 8.73. The van der Waals surface area contributed by atoms with E-state index in [0.29, 0.717) is 29.0 Å². The number of fused-ring (bicyclic) bond motifs is 1. The Morgan fingerprint density at radius 2 is 2.00 bits per heavy atom. The molecule has 9 nitrogen and oxygen atoms in total. The first-order chi connectivity index (χ1) is 15.6. The molecule has 0 saturated heterocycles. The number of aromatic nitrogens is 2. The molecule has 2 aromatic carbocycles. The average molecular weight is 489 g/mol. The van der Waals surface area contributed by atoms with Gasteiger partial charge in [-0.05, 0) is 51.1 Å². The highest BCUT2D eigenvalue weighted by Crippen LogP contribution is 2.41. The Labute approximate surface area is 196 Å². The molecule has 2 N–H and O–H groups in total. The molecule has 0 spiro atoms. The Morgan fingerprint density at radius 3 is 2.73 bits per heavy atom. The summed E-state index contributed by atoms with van der Waals surface area (Å²) in [5, 5.41) is 10.3. The van der Waals surface area contributed by atoms with Crippen LogP contribution in [0.2, 0.25) is 0 Å². The molecule has 1 aromatic heterocycles. The van der Waals surface area contributed by atoms with Gasteiger partial charge in [-0.15, -0.1) is 10.2 Å². The van der Waals surface area contributed by atoms with Crippen LogP contribution in [0.1, 0.15) is 47.8 Å². The number of benzene rings is 2. The number of nitrogens with zero attached hydrogens (tertiary/aromatic N) is 2. The molecule has 0 unspecified atom stereocenters. The maximum absolute atomic E-state index is 13.1. The summed E-state index contributed by atoms with van der Waals surface area (Å²) in [6.45, 7) is 5.67. The summed E-state index contributed by atoms with van der Waals surface area (Å²) < 4.78 is 40.0. The van der Waals surface area contributed by atoms with Gasteiger partial charge in [0, 0.05) is 17.5 Å². The topological polar surface area (TPSA) is 120 Å². The summed E-state index contributed by atoms with van der Waals surface area (Å²) in [6.07, 6.45) is 0.405. The van der Waals surface area contributed by atoms with Gasteiger partial charge in [0.05, 0.1) is 13.2 Å². The van der Waals surface area contributed by atoms with Crippen molar-refractivity contribution in [1.82, 2.24) is 14.9 Å². The van der Waals surface area contributed by atoms with Crippen molar-refractivity contribution in [2.45, 2.75) is 43.2 Å². The summed E-state index contributed by atoms with van der Waals surface area (Å²) in [5.41, 5.74) is 1.48. The Balaban J connectivity index is 1.55. The molecule has 0 fully saturated rings. The number of ether oxygens (including phenoxy) is 2. The SMILES string of the molecule is COc1ccc2c(c1)[C@@H](NS(=O)(=O)c1nnc(NC(=O)c3cccc(C)c3)s1)CC(C)(C)O2. The van der Waals surface area contributed by atoms with E-state index < -0.39 is 21.7 Å². The highest BCUT2D eigenvalue weighted by Gasteiger charge is 2.37. The van der Waals surface area contributed by atoms with Gasteiger partial charge >= 0.3 is 0 Å². The lowest BCUT2D eigenvalue weighted by molar-refractivity contribution is 0.0700. The molecular weight excluding hydrogens is 464 g/mol. The van der Waals surface area contributed by atoms with Crippen molar-refractivity contribution in [2.24, 2.45) is 0 Å². The molecule has 3 aromatic rings. The third kappa shape index (κ3) is 5.15. The normalized spacial score (nSPS) is 17.0. The minimum Gasteiger partial charge on any atom is -0.497 e. The predicted octanol–water partition coefficient (Wildman–Crippen LogP) is 3.69. The van der Waals surface area contributed by atoms with E-state index in [0.717, 1.165) is 16.9 Å². The zero-order valence-corrected chi connectivity index (χ0v) is 20.2. The summed E-state index contributed by atoms with van der Waals surface area (Å²) in [5.74, 6) is 0.792. The number of carbonyl (C=O) groups is 1. The molecule has 1 amide bonds. The Hall–Kier alpha value is -3.02. The van der Waals surface area contributed by atoms with Gasteiger partial charge in [0.1, 0.15) is 17.1 Å². The summed E-state index contributed by atoms with van der Waals surface area (Å²) >= 11 is 0.784. The van der Waals surface area contributed by atoms with Crippen molar-refractivity contribution < 1.29 is 22.7 Å². The van der Waals surface area contributed by atoms with Crippen LogP contribution in [0, 0.1) is 6.92 Å². The van der Waals surface area contributed by atoms with Crippen molar-refractivity contribution in [3.05, 3.63) is 59.2 Å². The van der Waals surface area contributed by atoms with Crippen LogP contribution in [0.5, 0.6) is 11.5 Å². The second-order valence-electron chi connectivity index (χ2n) is 8.34. The molecule has 0 radical (unpaired) electrons. The van der Waals surface area contributed by atoms with E-state index in [9.17, 15) is 13.2 Å². The van der Waals surface area contributed by atoms with Crippen LogP contribution in [0.25, 0.3) is 0 Å². The van der Waals surface area contributed by atoms with Crippen LogP contribution in [0.15, 0.2) is 46.8 Å². The zero-order valence-electron chi connectivity index (χ0n) is 18.6. The maximum Gasteiger partial charge on any atom is 0.270 e. The van der Waals surface area contributed by atoms with E-state index in [1.165, 1.54) is 0 Å². The van der Waals surface area contributed by atoms with E-state index >= 15 is 0 Å². The molecule has 33 heavy (non-hydrogen) atoms. The molecule has 1 aliphatic heterocycles. The van der Waals surface area contributed by atoms with Crippen LogP contribution < -0.4 is 19.5 Å². The highest BCUT2D eigenvalue weighted by atomic mass is 32.2. The lowest BCUT2D eigenvalue weighted by Crippen LogP contribution is -2.41. The molecule has 1 atom stereocenters. The van der Waals surface area contributed by atoms with Crippen LogP contribution in [-0.2, 0) is 10.0 Å². The number of amides is 1. The fraction of sp³-hybridized carbons (Fsp3) is 0.318. The van der Waals surface area contributed by atoms with Gasteiger partial charge in [-0.1, -0.05) is 29.0 Å². The Bertz CT molecular complexity index is 1300. The summed E-state index contributed by atoms with van der Waals surface area (Å²) in [7, 11) is -2.47. The maximum atomic E-state index is 13.1. The molecule has 0 saturated carbocycles. The second-order valence-corrected chi connectivity index (χ2v) is 11.2. The Kier molecular flexibility index (Phi) is 6.12. The number of sulfonamides is 1. The quantitative estimate of drug-likeness (QED) is 0.508. The largest absolute Gasteiger partial charge is 0.497 e. The lowest BCUT2D eigenvalue weighted by atomic mass is 9.90. The molecule has 2 heterocycles. The fourth-order valence-electron chi connectivity index (χ4n) is 3.63. The van der Waals surface area contributed by atoms with Gasteiger partial charge in [0.15, 0.2) is 0 Å². The van der Waals surface area contributed by atoms with Crippen molar-refractivity contribution >= 4 is 32.4 Å². The first-order valence-electron chi connectivity index (χ1n) is 10.2. The third-order valence-corrected chi connectivity index (χ3v) is 7.79. The number of carbonyl (C=O) groups excluding carboxylic acids is 1. The molecule has 1 aliphatic rings. The van der Waals surface area contributed by atoms with Gasteiger partial charge in [-0.3, -0.25) is 10.1 Å². The monoisotopic (exact) mass is 488 g/mol. The number of methoxy groups -OCH3 is 1. The number of aryl methyl sites for hydroxylation is 1. The summed E-state index contributed by atoms with van der Waals surface area (Å²) in [4.78, 5) is 12.4. The van der Waals surface area contributed by atoms with Crippen molar-refractivity contribution in [1.29, 1.82) is 0 Å². The van der Waals surface area contributed by atoms with Gasteiger partial charge in [0.25, 0.3) is 15.9 Å². The number of anilines is 1. The highest BCUT2D eigenvalue weighted by molar-refractivity contribution is 7.91. The van der Waals surface area contributed by atoms with Crippen molar-refractivity contribution in [3.8, 4) is 11.5 Å². The number of nitrogens with one attached hydrogen (secondary N) is 2. The van der Waals surface area contributed by atoms with Gasteiger partial charge in [-0.25, -0.2) is 13.1 Å². The molecule has 174 valence electrons. The van der Waals surface area contributed by atoms with E-state index in [2.05, 4.69) is 20.2 Å². The van der Waals surface area contributed by atoms with Crippen LogP contribution in [0.4, 0.5) is 5.13 Å². The van der Waals surface area contributed by atoms with Crippen LogP contribution in [0.3, 0.4) is 0 Å². The van der Waals surface area contributed by atoms with E-state index in [1.54, 1.807) is 43.5 Å². The fourth-order valence-corrected chi connectivity index (χ4v) is 5.75. The first-order valence-corrected chi connectivity index (χ1v) is 12.5. The first kappa shape index (κ1) is 23.1. The third-order valence-electron chi connectivity index (χ3n) is 5.11. The van der Waals surface area contributed by atoms with E-state index in [1.807, 2.05) is 26.8 Å². The standard InChI is InChI=1S/C22H24N4O5S2/c1-13-6-5-7-14(10-13)19(27)23-20-24-25-21(32-20)33(28,29)26-17-12-22(2,3)31-18-9-8-15(30-4)11-16(17)18/h5-11,17,26H,12H2,1-4H3,(H,23,24,27)/t17-/m0/s1. The van der Waals surface area contributed by atoms with Crippen LogP contribution >= 0.6 is 11.3 Å². The number of hydrogen-bond donors (Lipinski definition) is 2. The molecule has 0 bridgehead atoms. The molecule has 11 heteroatoms. The van der Waals surface area contributed by atoms with E-state index in [4.69, 9.17) is 9.47 Å². The number of hydrogen-bond acceptors (Lipinski definition) is 8. The smallest absolute Gasteiger partial charge is 0.270 e. The summed E-state index contributed by atoms with van der Waals surface area (Å²) in [6, 6.07) is 11.8. The zero-order chi connectivity index (χ0) is 23.8. The lowest BCUT2D eigenvalue weighted by Gasteiger charge is -2.37. The van der Waals surface area contributed by atoms with E-state index in [-0.39, 0.29) is 15.4 Å². The number of rotatable bonds is 6. The van der Waals surface area contributed by atoms with Gasteiger partial charge in [-0.2, -0.15) is 0 Å². The molecular formula is C22H24N4O5S2. The van der Waals surface area contributed by atoms with Gasteiger partial charge < -0.3 is 9.47 Å². The average Bonchev–Trinajstić information content (AvgIpc) is 3.22. The minimum atomic E-state index is -4.01. The minimum absolute atomic E-state index is 0.0938. The predicted molar refractivity (Wildman–Crippen MR) is 124 cm³/mol. The van der Waals surface area contributed by atoms with Gasteiger partial charge in [0.2, 0.25) is 9.47 Å². The van der Waals surface area contributed by atoms with Crippen molar-refractivity contribution in [2.75, 3.05) is 12.4 Å². The Morgan fingerprint density at radius 1 is 1.21 bits per heavy atom. The van der Waals surface area contributed by atoms with Crippen LogP contribution in [-0.4, -0.2) is 37.2 Å².